The molecule has 0 aliphatic rings. The number of allylic oxidation sites excluding steroid dienone is 19. The zero-order valence-electron chi connectivity index (χ0n) is 54.4. The summed E-state index contributed by atoms with van der Waals surface area (Å²) < 4.78 is 30.7. The Kier molecular flexibility index (Phi) is 58.8. The minimum Gasteiger partial charge on any atom is -0.456 e. The minimum absolute atomic E-state index is 0.0243. The summed E-state index contributed by atoms with van der Waals surface area (Å²) in [6.07, 6.45) is 86.4. The summed E-state index contributed by atoms with van der Waals surface area (Å²) in [7, 11) is 1.45. The molecule has 0 aromatic heterocycles. The number of carbonyl (C=O) groups excluding carboxylic acids is 2. The fourth-order valence-corrected chi connectivity index (χ4v) is 9.93. The number of esters is 1. The number of nitrogens with one attached hydrogen (secondary N) is 1. The molecule has 83 heavy (non-hydrogen) atoms. The molecule has 0 aliphatic heterocycles. The standard InChI is InChI=1S/C73H127N2O7P/c1-7-10-13-16-19-22-25-28-30-32-33-34-35-36-37-38-39-40-41-43-45-48-51-54-57-60-63-66-73(77)82-71(64-61-58-55-52-49-46-27-24-21-18-15-12-9-3)70(69-81-83(78,79)80-68-67-75(4,5)6)74-72(76)65-62-59-56-53-50-47-44-42-31-29-26-23-20-17-14-11-8-2/h10,13,19-20,22-23,28-31,33-34,36-37,44,47,53,56,61,64,70-71H,7-9,11-12,14-18,21,24-27,32,35,38-43,45-46,48-52,54-55,57-60,62-63,65-69H2,1-6H3,(H-,74,76,78,79)/p+1/b13-10-,22-19-,23-20-,30-28-,31-29-,34-33-,37-36-,47-44-,56-53-,64-61-. The molecule has 0 fully saturated rings. The van der Waals surface area contributed by atoms with E-state index in [9.17, 15) is 19.0 Å². The predicted molar refractivity (Wildman–Crippen MR) is 360 cm³/mol. The maximum atomic E-state index is 13.6. The van der Waals surface area contributed by atoms with Gasteiger partial charge in [0, 0.05) is 12.8 Å². The third-order valence-corrected chi connectivity index (χ3v) is 15.4. The molecule has 0 radical (unpaired) electrons. The van der Waals surface area contributed by atoms with Gasteiger partial charge >= 0.3 is 13.8 Å². The average molecular weight is 1180 g/mol. The first-order valence-corrected chi connectivity index (χ1v) is 35.4. The van der Waals surface area contributed by atoms with Gasteiger partial charge in [-0.15, -0.1) is 0 Å². The van der Waals surface area contributed by atoms with E-state index in [2.05, 4.69) is 135 Å². The van der Waals surface area contributed by atoms with Crippen molar-refractivity contribution in [2.75, 3.05) is 40.9 Å². The number of likely N-dealkylation sites (N-methyl/N-ethyl adjacent to an activating group) is 1. The lowest BCUT2D eigenvalue weighted by molar-refractivity contribution is -0.870. The number of quaternary nitrogens is 1. The van der Waals surface area contributed by atoms with E-state index in [-0.39, 0.29) is 37.9 Å². The van der Waals surface area contributed by atoms with Crippen molar-refractivity contribution in [1.29, 1.82) is 0 Å². The van der Waals surface area contributed by atoms with Gasteiger partial charge in [0.15, 0.2) is 0 Å². The molecule has 0 aromatic carbocycles. The van der Waals surface area contributed by atoms with Crippen molar-refractivity contribution < 1.29 is 37.3 Å². The summed E-state index contributed by atoms with van der Waals surface area (Å²) in [4.78, 5) is 37.8. The quantitative estimate of drug-likeness (QED) is 0.0205. The Labute approximate surface area is 512 Å². The fourth-order valence-electron chi connectivity index (χ4n) is 9.19. The first-order valence-electron chi connectivity index (χ1n) is 33.9. The van der Waals surface area contributed by atoms with Crippen molar-refractivity contribution in [1.82, 2.24) is 5.32 Å². The third kappa shape index (κ3) is 62.8. The van der Waals surface area contributed by atoms with Crippen LogP contribution in [0, 0.1) is 0 Å². The first-order chi connectivity index (χ1) is 40.4. The maximum Gasteiger partial charge on any atom is 0.472 e. The van der Waals surface area contributed by atoms with Gasteiger partial charge in [-0.1, -0.05) is 271 Å². The van der Waals surface area contributed by atoms with Gasteiger partial charge in [-0.3, -0.25) is 18.6 Å². The highest BCUT2D eigenvalue weighted by Crippen LogP contribution is 2.43. The van der Waals surface area contributed by atoms with Crippen molar-refractivity contribution in [2.24, 2.45) is 0 Å². The van der Waals surface area contributed by atoms with E-state index in [1.54, 1.807) is 0 Å². The van der Waals surface area contributed by atoms with Crippen LogP contribution < -0.4 is 5.32 Å². The van der Waals surface area contributed by atoms with E-state index in [1.165, 1.54) is 128 Å². The molecule has 0 aliphatic carbocycles. The summed E-state index contributed by atoms with van der Waals surface area (Å²) in [6.45, 7) is 6.83. The summed E-state index contributed by atoms with van der Waals surface area (Å²) >= 11 is 0. The van der Waals surface area contributed by atoms with Crippen LogP contribution in [0.4, 0.5) is 0 Å². The summed E-state index contributed by atoms with van der Waals surface area (Å²) in [5.74, 6) is -0.577. The van der Waals surface area contributed by atoms with Crippen LogP contribution in [0.15, 0.2) is 122 Å². The van der Waals surface area contributed by atoms with Crippen molar-refractivity contribution in [2.45, 2.75) is 290 Å². The molecule has 3 atom stereocenters. The highest BCUT2D eigenvalue weighted by atomic mass is 31.2. The average Bonchev–Trinajstić information content (AvgIpc) is 3.47. The lowest BCUT2D eigenvalue weighted by Gasteiger charge is -2.27. The number of nitrogens with zero attached hydrogens (tertiary/aromatic N) is 1. The fraction of sp³-hybridized carbons (Fsp3) is 0.699. The van der Waals surface area contributed by atoms with E-state index in [4.69, 9.17) is 13.8 Å². The molecule has 0 saturated heterocycles. The number of ether oxygens (including phenoxy) is 1. The van der Waals surface area contributed by atoms with Crippen molar-refractivity contribution >= 4 is 19.7 Å². The van der Waals surface area contributed by atoms with Crippen molar-refractivity contribution in [3.8, 4) is 0 Å². The van der Waals surface area contributed by atoms with Gasteiger partial charge in [-0.25, -0.2) is 4.57 Å². The van der Waals surface area contributed by atoms with Gasteiger partial charge in [-0.2, -0.15) is 0 Å². The van der Waals surface area contributed by atoms with Gasteiger partial charge in [-0.05, 0) is 115 Å². The second-order valence-corrected chi connectivity index (χ2v) is 25.1. The number of unbranched alkanes of at least 4 members (excludes halogenated alkanes) is 26. The van der Waals surface area contributed by atoms with Crippen molar-refractivity contribution in [3.63, 3.8) is 0 Å². The van der Waals surface area contributed by atoms with Gasteiger partial charge in [0.1, 0.15) is 19.3 Å². The molecule has 9 nitrogen and oxygen atoms in total. The number of carbonyl (C=O) groups is 2. The number of hydrogen-bond acceptors (Lipinski definition) is 6. The Bertz CT molecular complexity index is 1830. The molecule has 3 unspecified atom stereocenters. The predicted octanol–water partition coefficient (Wildman–Crippen LogP) is 21.4. The summed E-state index contributed by atoms with van der Waals surface area (Å²) in [5, 5.41) is 3.03. The molecular weight excluding hydrogens is 1050 g/mol. The van der Waals surface area contributed by atoms with E-state index in [0.29, 0.717) is 17.4 Å². The van der Waals surface area contributed by atoms with Crippen molar-refractivity contribution in [3.05, 3.63) is 122 Å². The summed E-state index contributed by atoms with van der Waals surface area (Å²) in [6, 6.07) is -0.886. The molecule has 0 rings (SSSR count). The largest absolute Gasteiger partial charge is 0.472 e. The molecule has 0 saturated carbocycles. The van der Waals surface area contributed by atoms with E-state index < -0.39 is 20.0 Å². The lowest BCUT2D eigenvalue weighted by atomic mass is 10.0. The molecule has 0 spiro atoms. The lowest BCUT2D eigenvalue weighted by Crippen LogP contribution is -2.47. The van der Waals surface area contributed by atoms with E-state index in [0.717, 1.165) is 109 Å². The van der Waals surface area contributed by atoms with Crippen LogP contribution in [-0.4, -0.2) is 74.3 Å². The van der Waals surface area contributed by atoms with Crippen LogP contribution in [0.25, 0.3) is 0 Å². The number of hydrogen-bond donors (Lipinski definition) is 2. The Morgan fingerprint density at radius 1 is 0.434 bits per heavy atom. The SMILES string of the molecule is CC/C=C\C/C=C\C/C=C\C/C=C\C/C=C\CCCCCCCCCCCCCC(=O)OC(/C=C\CCCCCCCCCCCCC)C(COP(=O)(O)OCC[N+](C)(C)C)NC(=O)CCC/C=C\C/C=C\C/C=C\C/C=C\CCCCC. The van der Waals surface area contributed by atoms with Crippen LogP contribution in [-0.2, 0) is 27.9 Å². The second kappa shape index (κ2) is 61.5. The van der Waals surface area contributed by atoms with Crippen LogP contribution in [0.2, 0.25) is 0 Å². The number of rotatable bonds is 60. The van der Waals surface area contributed by atoms with Gasteiger partial charge in [0.2, 0.25) is 5.91 Å². The van der Waals surface area contributed by atoms with Gasteiger partial charge < -0.3 is 19.4 Å². The monoisotopic (exact) mass is 1180 g/mol. The Morgan fingerprint density at radius 3 is 1.20 bits per heavy atom. The number of amides is 1. The Hall–Kier alpha value is -3.59. The highest BCUT2D eigenvalue weighted by Gasteiger charge is 2.30. The van der Waals surface area contributed by atoms with Crippen LogP contribution in [0.1, 0.15) is 278 Å². The van der Waals surface area contributed by atoms with Gasteiger partial charge in [0.05, 0.1) is 33.8 Å². The minimum atomic E-state index is -4.47. The number of phosphoric acid groups is 1. The molecule has 476 valence electrons. The number of phosphoric ester groups is 1. The molecule has 10 heteroatoms. The van der Waals surface area contributed by atoms with E-state index in [1.807, 2.05) is 33.3 Å². The normalized spacial score (nSPS) is 14.3. The van der Waals surface area contributed by atoms with E-state index >= 15 is 0 Å². The topological polar surface area (TPSA) is 111 Å². The highest BCUT2D eigenvalue weighted by molar-refractivity contribution is 7.47. The van der Waals surface area contributed by atoms with Crippen LogP contribution >= 0.6 is 7.82 Å². The molecule has 0 heterocycles. The zero-order valence-corrected chi connectivity index (χ0v) is 55.3. The van der Waals surface area contributed by atoms with Crippen LogP contribution in [0.5, 0.6) is 0 Å². The summed E-state index contributed by atoms with van der Waals surface area (Å²) in [5.41, 5.74) is 0. The maximum absolute atomic E-state index is 13.6. The molecule has 2 N–H and O–H groups in total. The van der Waals surface area contributed by atoms with Gasteiger partial charge in [0.25, 0.3) is 0 Å². The van der Waals surface area contributed by atoms with Crippen LogP contribution in [0.3, 0.4) is 0 Å². The third-order valence-electron chi connectivity index (χ3n) is 14.4. The molecule has 1 amide bonds. The molecule has 0 aromatic rings. The Balaban J connectivity index is 5.19. The second-order valence-electron chi connectivity index (χ2n) is 23.6. The Morgan fingerprint density at radius 2 is 0.783 bits per heavy atom. The molecular formula is C73H128N2O7P+. The zero-order chi connectivity index (χ0) is 60.7. The molecule has 0 bridgehead atoms. The first kappa shape index (κ1) is 79.4. The smallest absolute Gasteiger partial charge is 0.456 e.